The molecule has 0 saturated heterocycles. The fourth-order valence-electron chi connectivity index (χ4n) is 4.15. The number of hydrogen-bond acceptors (Lipinski definition) is 3. The number of nitrogens with one attached hydrogen (secondary N) is 1. The standard InChI is InChI=1S/C14H25NO2S.C2H6/c1-9(16)15-12-5-4-11-10(12)6-7-13(2,18)8-14(11,3)17;1-2/h10-12,17-18H,4-8H2,1-3H3,(H,15,16);1-2H3. The molecule has 3 nitrogen and oxygen atoms in total. The van der Waals surface area contributed by atoms with Gasteiger partial charge < -0.3 is 10.4 Å². The summed E-state index contributed by atoms with van der Waals surface area (Å²) in [6.45, 7) is 9.63. The van der Waals surface area contributed by atoms with Gasteiger partial charge in [-0.3, -0.25) is 4.79 Å². The Morgan fingerprint density at radius 2 is 1.85 bits per heavy atom. The molecule has 118 valence electrons. The van der Waals surface area contributed by atoms with Gasteiger partial charge in [-0.25, -0.2) is 0 Å². The minimum Gasteiger partial charge on any atom is -0.390 e. The monoisotopic (exact) mass is 301 g/mol. The smallest absolute Gasteiger partial charge is 0.217 e. The zero-order valence-electron chi connectivity index (χ0n) is 13.6. The van der Waals surface area contributed by atoms with Gasteiger partial charge in [0.15, 0.2) is 0 Å². The summed E-state index contributed by atoms with van der Waals surface area (Å²) in [6.07, 6.45) is 4.78. The molecule has 0 heterocycles. The van der Waals surface area contributed by atoms with Crippen LogP contribution in [0.3, 0.4) is 0 Å². The molecule has 0 aromatic rings. The number of hydrogen-bond donors (Lipinski definition) is 3. The van der Waals surface area contributed by atoms with E-state index in [2.05, 4.69) is 12.2 Å². The van der Waals surface area contributed by atoms with Gasteiger partial charge >= 0.3 is 0 Å². The summed E-state index contributed by atoms with van der Waals surface area (Å²) < 4.78 is -0.103. The van der Waals surface area contributed by atoms with E-state index >= 15 is 0 Å². The Hall–Kier alpha value is -0.220. The van der Waals surface area contributed by atoms with Crippen LogP contribution in [0.1, 0.15) is 66.7 Å². The summed E-state index contributed by atoms with van der Waals surface area (Å²) in [6, 6.07) is 0.237. The van der Waals surface area contributed by atoms with Crippen LogP contribution in [0.2, 0.25) is 0 Å². The van der Waals surface area contributed by atoms with Gasteiger partial charge in [0.2, 0.25) is 5.91 Å². The van der Waals surface area contributed by atoms with Crippen molar-refractivity contribution in [1.82, 2.24) is 5.32 Å². The quantitative estimate of drug-likeness (QED) is 0.652. The van der Waals surface area contributed by atoms with E-state index in [1.54, 1.807) is 6.92 Å². The second-order valence-corrected chi connectivity index (χ2v) is 7.80. The Morgan fingerprint density at radius 1 is 1.25 bits per heavy atom. The largest absolute Gasteiger partial charge is 0.390 e. The average molecular weight is 301 g/mol. The van der Waals surface area contributed by atoms with Crippen LogP contribution in [0, 0.1) is 11.8 Å². The van der Waals surface area contributed by atoms with Crippen molar-refractivity contribution in [3.63, 3.8) is 0 Å². The fraction of sp³-hybridized carbons (Fsp3) is 0.938. The lowest BCUT2D eigenvalue weighted by molar-refractivity contribution is -0.120. The number of carbonyl (C=O) groups is 1. The van der Waals surface area contributed by atoms with E-state index in [0.29, 0.717) is 11.8 Å². The third-order valence-corrected chi connectivity index (χ3v) is 5.15. The van der Waals surface area contributed by atoms with E-state index in [4.69, 9.17) is 12.6 Å². The lowest BCUT2D eigenvalue weighted by Crippen LogP contribution is -2.43. The Morgan fingerprint density at radius 3 is 2.40 bits per heavy atom. The van der Waals surface area contributed by atoms with Crippen molar-refractivity contribution >= 4 is 18.5 Å². The summed E-state index contributed by atoms with van der Waals surface area (Å²) in [5, 5.41) is 13.8. The molecular weight excluding hydrogens is 270 g/mol. The van der Waals surface area contributed by atoms with Crippen molar-refractivity contribution in [3.05, 3.63) is 0 Å². The van der Waals surface area contributed by atoms with Gasteiger partial charge in [0.1, 0.15) is 0 Å². The first-order valence-corrected chi connectivity index (χ1v) is 8.38. The molecule has 2 fully saturated rings. The van der Waals surface area contributed by atoms with Crippen LogP contribution in [0.5, 0.6) is 0 Å². The molecule has 0 aliphatic heterocycles. The Balaban J connectivity index is 0.000000956. The van der Waals surface area contributed by atoms with Gasteiger partial charge in [-0.05, 0) is 50.9 Å². The van der Waals surface area contributed by atoms with Gasteiger partial charge in [0, 0.05) is 17.7 Å². The minimum absolute atomic E-state index is 0.0400. The first-order chi connectivity index (χ1) is 9.21. The third-order valence-electron chi connectivity index (χ3n) is 4.76. The second-order valence-electron chi connectivity index (χ2n) is 6.72. The summed E-state index contributed by atoms with van der Waals surface area (Å²) in [5.74, 6) is 0.736. The Kier molecular flexibility index (Phi) is 5.97. The molecule has 2 aliphatic carbocycles. The van der Waals surface area contributed by atoms with Crippen LogP contribution in [-0.4, -0.2) is 27.4 Å². The average Bonchev–Trinajstić information content (AvgIpc) is 2.67. The van der Waals surface area contributed by atoms with Crippen molar-refractivity contribution < 1.29 is 9.90 Å². The zero-order valence-corrected chi connectivity index (χ0v) is 14.5. The highest BCUT2D eigenvalue weighted by atomic mass is 32.1. The van der Waals surface area contributed by atoms with Crippen molar-refractivity contribution in [2.24, 2.45) is 11.8 Å². The molecule has 1 amide bonds. The van der Waals surface area contributed by atoms with E-state index in [1.807, 2.05) is 20.8 Å². The molecule has 0 radical (unpaired) electrons. The summed E-state index contributed by atoms with van der Waals surface area (Å²) >= 11 is 4.70. The normalized spacial score (nSPS) is 43.9. The van der Waals surface area contributed by atoms with Crippen LogP contribution in [0.4, 0.5) is 0 Å². The summed E-state index contributed by atoms with van der Waals surface area (Å²) in [7, 11) is 0. The number of fused-ring (bicyclic) bond motifs is 1. The van der Waals surface area contributed by atoms with E-state index < -0.39 is 5.60 Å². The molecule has 4 heteroatoms. The molecule has 5 atom stereocenters. The molecule has 0 aromatic heterocycles. The highest BCUT2D eigenvalue weighted by Gasteiger charge is 2.50. The molecule has 2 saturated carbocycles. The van der Waals surface area contributed by atoms with Gasteiger partial charge in [-0.15, -0.1) is 0 Å². The van der Waals surface area contributed by atoms with Crippen LogP contribution in [0.25, 0.3) is 0 Å². The maximum atomic E-state index is 11.3. The summed E-state index contributed by atoms with van der Waals surface area (Å²) in [5.41, 5.74) is -0.662. The van der Waals surface area contributed by atoms with E-state index in [9.17, 15) is 9.90 Å². The molecule has 20 heavy (non-hydrogen) atoms. The molecular formula is C16H31NO2S. The van der Waals surface area contributed by atoms with Gasteiger partial charge in [0.05, 0.1) is 5.60 Å². The maximum Gasteiger partial charge on any atom is 0.217 e. The topological polar surface area (TPSA) is 49.3 Å². The Labute approximate surface area is 129 Å². The van der Waals surface area contributed by atoms with Gasteiger partial charge in [0.25, 0.3) is 0 Å². The SMILES string of the molecule is CC.CC(=O)NC1CCC2C1CCC(C)(S)CC2(C)O. The van der Waals surface area contributed by atoms with Crippen LogP contribution in [0.15, 0.2) is 0 Å². The lowest BCUT2D eigenvalue weighted by atomic mass is 9.78. The number of carbonyl (C=O) groups excluding carboxylic acids is 1. The molecule has 2 rings (SSSR count). The fourth-order valence-corrected chi connectivity index (χ4v) is 4.60. The molecule has 2 aliphatic rings. The van der Waals surface area contributed by atoms with Crippen LogP contribution < -0.4 is 5.32 Å². The van der Waals surface area contributed by atoms with Crippen molar-refractivity contribution in [1.29, 1.82) is 0 Å². The molecule has 0 bridgehead atoms. The van der Waals surface area contributed by atoms with Crippen molar-refractivity contribution in [2.45, 2.75) is 83.1 Å². The molecule has 5 unspecified atom stereocenters. The molecule has 0 aromatic carbocycles. The van der Waals surface area contributed by atoms with Crippen molar-refractivity contribution in [3.8, 4) is 0 Å². The highest BCUT2D eigenvalue weighted by molar-refractivity contribution is 7.81. The van der Waals surface area contributed by atoms with E-state index in [0.717, 1.165) is 32.1 Å². The highest BCUT2D eigenvalue weighted by Crippen LogP contribution is 2.50. The zero-order chi connectivity index (χ0) is 15.6. The first-order valence-electron chi connectivity index (χ1n) is 7.93. The molecule has 2 N–H and O–H groups in total. The van der Waals surface area contributed by atoms with Gasteiger partial charge in [-0.1, -0.05) is 20.8 Å². The van der Waals surface area contributed by atoms with Gasteiger partial charge in [-0.2, -0.15) is 12.6 Å². The summed E-state index contributed by atoms with van der Waals surface area (Å²) in [4.78, 5) is 11.3. The predicted octanol–water partition coefficient (Wildman–Crippen LogP) is 3.17. The first kappa shape index (κ1) is 17.8. The number of amides is 1. The van der Waals surface area contributed by atoms with E-state index in [1.165, 1.54) is 0 Å². The lowest BCUT2D eigenvalue weighted by Gasteiger charge is -2.35. The third kappa shape index (κ3) is 4.14. The molecule has 0 spiro atoms. The number of rotatable bonds is 1. The number of thiol groups is 1. The van der Waals surface area contributed by atoms with E-state index in [-0.39, 0.29) is 16.7 Å². The minimum atomic E-state index is -0.662. The van der Waals surface area contributed by atoms with Crippen LogP contribution >= 0.6 is 12.6 Å². The van der Waals surface area contributed by atoms with Crippen LogP contribution in [-0.2, 0) is 4.79 Å². The Bertz CT molecular complexity index is 341. The maximum absolute atomic E-state index is 11.3. The predicted molar refractivity (Wildman–Crippen MR) is 87.0 cm³/mol. The second kappa shape index (κ2) is 6.69. The number of aliphatic hydroxyl groups is 1. The van der Waals surface area contributed by atoms with Crippen molar-refractivity contribution in [2.75, 3.05) is 0 Å².